The molecule has 0 heterocycles. The fraction of sp³-hybridized carbons (Fsp3) is 0.818. The molecule has 1 aliphatic rings. The molecule has 0 saturated heterocycles. The van der Waals surface area contributed by atoms with Crippen molar-refractivity contribution < 1.29 is 0 Å². The zero-order chi connectivity index (χ0) is 9.19. The highest BCUT2D eigenvalue weighted by Gasteiger charge is 2.26. The van der Waals surface area contributed by atoms with E-state index in [9.17, 15) is 0 Å². The van der Waals surface area contributed by atoms with E-state index in [-0.39, 0.29) is 5.38 Å². The molecule has 1 aliphatic carbocycles. The van der Waals surface area contributed by atoms with Crippen molar-refractivity contribution in [1.82, 2.24) is 0 Å². The molecule has 0 aromatic heterocycles. The van der Waals surface area contributed by atoms with Gasteiger partial charge in [-0.25, -0.2) is 0 Å². The van der Waals surface area contributed by atoms with Crippen LogP contribution in [0.3, 0.4) is 0 Å². The molecule has 0 bridgehead atoms. The van der Waals surface area contributed by atoms with Gasteiger partial charge in [-0.3, -0.25) is 0 Å². The fourth-order valence-electron chi connectivity index (χ4n) is 2.08. The lowest BCUT2D eigenvalue weighted by Crippen LogP contribution is -2.22. The van der Waals surface area contributed by atoms with Crippen molar-refractivity contribution in [2.75, 3.05) is 0 Å². The average molecular weight is 187 g/mol. The number of alkyl halides is 1. The third-order valence-electron chi connectivity index (χ3n) is 2.44. The van der Waals surface area contributed by atoms with E-state index < -0.39 is 0 Å². The first-order valence-electron chi connectivity index (χ1n) is 4.87. The minimum atomic E-state index is 0.273. The Morgan fingerprint density at radius 3 is 2.75 bits per heavy atom. The molecule has 0 amide bonds. The Morgan fingerprint density at radius 1 is 1.58 bits per heavy atom. The molecule has 1 rings (SSSR count). The molecule has 0 radical (unpaired) electrons. The van der Waals surface area contributed by atoms with E-state index in [0.29, 0.717) is 5.41 Å². The number of rotatable bonds is 2. The van der Waals surface area contributed by atoms with Gasteiger partial charge in [0, 0.05) is 0 Å². The SMILES string of the molecule is CCCC1=CC(Cl)CC(C)(C)C1. The fourth-order valence-corrected chi connectivity index (χ4v) is 2.68. The first-order valence-corrected chi connectivity index (χ1v) is 5.31. The topological polar surface area (TPSA) is 0 Å². The second-order valence-electron chi connectivity index (χ2n) is 4.64. The van der Waals surface area contributed by atoms with Gasteiger partial charge in [0.2, 0.25) is 0 Å². The second-order valence-corrected chi connectivity index (χ2v) is 5.20. The minimum Gasteiger partial charge on any atom is -0.118 e. The second kappa shape index (κ2) is 3.83. The Morgan fingerprint density at radius 2 is 2.25 bits per heavy atom. The van der Waals surface area contributed by atoms with E-state index >= 15 is 0 Å². The van der Waals surface area contributed by atoms with Gasteiger partial charge < -0.3 is 0 Å². The van der Waals surface area contributed by atoms with Crippen LogP contribution in [0.15, 0.2) is 11.6 Å². The molecule has 1 atom stereocenters. The van der Waals surface area contributed by atoms with Gasteiger partial charge in [0.1, 0.15) is 0 Å². The molecule has 1 unspecified atom stereocenters. The summed E-state index contributed by atoms with van der Waals surface area (Å²) in [5.41, 5.74) is 1.99. The van der Waals surface area contributed by atoms with E-state index in [0.717, 1.165) is 6.42 Å². The van der Waals surface area contributed by atoms with Crippen molar-refractivity contribution in [2.24, 2.45) is 5.41 Å². The monoisotopic (exact) mass is 186 g/mol. The quantitative estimate of drug-likeness (QED) is 0.449. The van der Waals surface area contributed by atoms with Crippen LogP contribution in [-0.4, -0.2) is 5.38 Å². The van der Waals surface area contributed by atoms with Gasteiger partial charge >= 0.3 is 0 Å². The standard InChI is InChI=1S/C11H19Cl/c1-4-5-9-6-10(12)8-11(2,3)7-9/h6,10H,4-5,7-8H2,1-3H3. The molecule has 0 N–H and O–H groups in total. The smallest absolute Gasteiger partial charge is 0.0523 e. The van der Waals surface area contributed by atoms with Gasteiger partial charge in [-0.15, -0.1) is 11.6 Å². The van der Waals surface area contributed by atoms with Crippen LogP contribution >= 0.6 is 11.6 Å². The van der Waals surface area contributed by atoms with Gasteiger partial charge in [0.15, 0.2) is 0 Å². The first-order chi connectivity index (χ1) is 5.53. The van der Waals surface area contributed by atoms with Crippen molar-refractivity contribution in [2.45, 2.75) is 51.8 Å². The van der Waals surface area contributed by atoms with Crippen LogP contribution < -0.4 is 0 Å². The predicted octanol–water partition coefficient (Wildman–Crippen LogP) is 4.14. The number of hydrogen-bond acceptors (Lipinski definition) is 0. The van der Waals surface area contributed by atoms with Gasteiger partial charge in [-0.1, -0.05) is 38.8 Å². The predicted molar refractivity (Wildman–Crippen MR) is 55.6 cm³/mol. The van der Waals surface area contributed by atoms with Crippen molar-refractivity contribution in [3.63, 3.8) is 0 Å². The highest BCUT2D eigenvalue weighted by Crippen LogP contribution is 2.38. The number of halogens is 1. The van der Waals surface area contributed by atoms with Crippen molar-refractivity contribution in [3.8, 4) is 0 Å². The van der Waals surface area contributed by atoms with Crippen LogP contribution in [-0.2, 0) is 0 Å². The van der Waals surface area contributed by atoms with Gasteiger partial charge in [-0.05, 0) is 24.7 Å². The Hall–Kier alpha value is 0.0300. The normalized spacial score (nSPS) is 28.3. The molecule has 0 aromatic rings. The summed E-state index contributed by atoms with van der Waals surface area (Å²) in [7, 11) is 0. The van der Waals surface area contributed by atoms with Crippen molar-refractivity contribution in [3.05, 3.63) is 11.6 Å². The summed E-state index contributed by atoms with van der Waals surface area (Å²) in [6.45, 7) is 6.85. The van der Waals surface area contributed by atoms with E-state index in [4.69, 9.17) is 11.6 Å². The summed E-state index contributed by atoms with van der Waals surface area (Å²) in [4.78, 5) is 0. The van der Waals surface area contributed by atoms with Crippen LogP contribution in [0, 0.1) is 5.41 Å². The molecule has 12 heavy (non-hydrogen) atoms. The Kier molecular flexibility index (Phi) is 3.22. The largest absolute Gasteiger partial charge is 0.118 e. The maximum Gasteiger partial charge on any atom is 0.0523 e. The molecule has 0 nitrogen and oxygen atoms in total. The third kappa shape index (κ3) is 2.82. The van der Waals surface area contributed by atoms with Crippen LogP contribution in [0.4, 0.5) is 0 Å². The summed E-state index contributed by atoms with van der Waals surface area (Å²) in [6.07, 6.45) is 7.10. The summed E-state index contributed by atoms with van der Waals surface area (Å²) < 4.78 is 0. The summed E-state index contributed by atoms with van der Waals surface area (Å²) in [6, 6.07) is 0. The Labute approximate surface area is 81.0 Å². The van der Waals surface area contributed by atoms with Crippen LogP contribution in [0.25, 0.3) is 0 Å². The molecule has 0 spiro atoms. The molecule has 1 heteroatoms. The molecule has 0 aliphatic heterocycles. The number of hydrogen-bond donors (Lipinski definition) is 0. The van der Waals surface area contributed by atoms with Gasteiger partial charge in [0.05, 0.1) is 5.38 Å². The Balaban J connectivity index is 2.63. The summed E-state index contributed by atoms with van der Waals surface area (Å²) in [5, 5.41) is 0.273. The van der Waals surface area contributed by atoms with Crippen LogP contribution in [0.1, 0.15) is 46.5 Å². The van der Waals surface area contributed by atoms with E-state index in [1.807, 2.05) is 0 Å². The summed E-state index contributed by atoms with van der Waals surface area (Å²) in [5.74, 6) is 0. The van der Waals surface area contributed by atoms with Gasteiger partial charge in [0.25, 0.3) is 0 Å². The molecule has 70 valence electrons. The maximum absolute atomic E-state index is 6.16. The van der Waals surface area contributed by atoms with E-state index in [1.165, 1.54) is 19.3 Å². The van der Waals surface area contributed by atoms with Gasteiger partial charge in [-0.2, -0.15) is 0 Å². The molecule has 0 saturated carbocycles. The highest BCUT2D eigenvalue weighted by molar-refractivity contribution is 6.21. The van der Waals surface area contributed by atoms with Crippen molar-refractivity contribution in [1.29, 1.82) is 0 Å². The van der Waals surface area contributed by atoms with Crippen molar-refractivity contribution >= 4 is 11.6 Å². The molecular formula is C11H19Cl. The zero-order valence-corrected chi connectivity index (χ0v) is 9.12. The molecular weight excluding hydrogens is 168 g/mol. The summed E-state index contributed by atoms with van der Waals surface area (Å²) >= 11 is 6.16. The van der Waals surface area contributed by atoms with E-state index in [1.54, 1.807) is 5.57 Å². The van der Waals surface area contributed by atoms with Crippen LogP contribution in [0.5, 0.6) is 0 Å². The van der Waals surface area contributed by atoms with Crippen LogP contribution in [0.2, 0.25) is 0 Å². The number of allylic oxidation sites excluding steroid dienone is 2. The minimum absolute atomic E-state index is 0.273. The molecule has 0 aromatic carbocycles. The Bertz CT molecular complexity index is 179. The lowest BCUT2D eigenvalue weighted by atomic mass is 9.76. The lowest BCUT2D eigenvalue weighted by Gasteiger charge is -2.32. The average Bonchev–Trinajstić information content (AvgIpc) is 1.82. The third-order valence-corrected chi connectivity index (χ3v) is 2.72. The zero-order valence-electron chi connectivity index (χ0n) is 8.36. The molecule has 0 fully saturated rings. The highest BCUT2D eigenvalue weighted by atomic mass is 35.5. The first kappa shape index (κ1) is 10.1. The lowest BCUT2D eigenvalue weighted by molar-refractivity contribution is 0.318. The maximum atomic E-state index is 6.16. The van der Waals surface area contributed by atoms with E-state index in [2.05, 4.69) is 26.8 Å².